The number of hydrogen-bond acceptors (Lipinski definition) is 4. The summed E-state index contributed by atoms with van der Waals surface area (Å²) >= 11 is 0. The molecule has 0 N–H and O–H groups in total. The summed E-state index contributed by atoms with van der Waals surface area (Å²) in [5.41, 5.74) is 0.317. The minimum Gasteiger partial charge on any atom is -0.459 e. The lowest BCUT2D eigenvalue weighted by atomic mass is 10.4. The molecule has 16 heavy (non-hydrogen) atoms. The molecule has 0 aliphatic carbocycles. The van der Waals surface area contributed by atoms with E-state index in [1.807, 2.05) is 0 Å². The van der Waals surface area contributed by atoms with Gasteiger partial charge in [0, 0.05) is 11.6 Å². The highest BCUT2D eigenvalue weighted by Gasteiger charge is 2.03. The molecule has 0 saturated carbocycles. The minimum absolute atomic E-state index is 0.0345. The Morgan fingerprint density at radius 3 is 2.44 bits per heavy atom. The summed E-state index contributed by atoms with van der Waals surface area (Å²) in [5, 5.41) is 0. The van der Waals surface area contributed by atoms with Crippen molar-refractivity contribution in [1.29, 1.82) is 0 Å². The van der Waals surface area contributed by atoms with Crippen LogP contribution in [0.2, 0.25) is 0 Å². The first kappa shape index (κ1) is 14.2. The Hall–Kier alpha value is -1.84. The number of esters is 2. The highest BCUT2D eigenvalue weighted by atomic mass is 16.6. The highest BCUT2D eigenvalue weighted by Crippen LogP contribution is 1.92. The van der Waals surface area contributed by atoms with Crippen LogP contribution < -0.4 is 0 Å². The van der Waals surface area contributed by atoms with Crippen molar-refractivity contribution in [2.24, 2.45) is 0 Å². The fourth-order valence-corrected chi connectivity index (χ4v) is 0.708. The van der Waals surface area contributed by atoms with Gasteiger partial charge in [-0.3, -0.25) is 0 Å². The summed E-state index contributed by atoms with van der Waals surface area (Å²) in [6.07, 6.45) is 5.22. The van der Waals surface area contributed by atoms with Gasteiger partial charge in [0.15, 0.2) is 0 Å². The average molecular weight is 224 g/mol. The highest BCUT2D eigenvalue weighted by molar-refractivity contribution is 5.87. The number of carbonyl (C=O) groups is 2. The third-order valence-corrected chi connectivity index (χ3v) is 1.47. The van der Waals surface area contributed by atoms with Crippen LogP contribution in [0.1, 0.15) is 13.3 Å². The molecular weight excluding hydrogens is 208 g/mol. The number of allylic oxidation sites excluding steroid dienone is 2. The molecule has 0 aromatic carbocycles. The van der Waals surface area contributed by atoms with Crippen LogP contribution in [0.5, 0.6) is 0 Å². The van der Waals surface area contributed by atoms with E-state index >= 15 is 0 Å². The Bertz CT molecular complexity index is 302. The maximum absolute atomic E-state index is 11.0. The zero-order chi connectivity index (χ0) is 12.4. The van der Waals surface area contributed by atoms with Crippen LogP contribution >= 0.6 is 0 Å². The standard InChI is InChI=1S/C12H16O4/c1-4-5-6-7-11(13)15-8-9-16-12(14)10(2)3/h4,6-7H,1-2,5,8-9H2,3H3/b7-6+. The maximum atomic E-state index is 11.0. The monoisotopic (exact) mass is 224 g/mol. The van der Waals surface area contributed by atoms with Crippen LogP contribution in [0.15, 0.2) is 37.0 Å². The molecule has 0 aromatic heterocycles. The van der Waals surface area contributed by atoms with E-state index in [2.05, 4.69) is 13.2 Å². The van der Waals surface area contributed by atoms with Crippen molar-refractivity contribution < 1.29 is 19.1 Å². The van der Waals surface area contributed by atoms with Gasteiger partial charge in [0.05, 0.1) is 0 Å². The van der Waals surface area contributed by atoms with Crippen LogP contribution in [0.25, 0.3) is 0 Å². The smallest absolute Gasteiger partial charge is 0.333 e. The topological polar surface area (TPSA) is 52.6 Å². The Kier molecular flexibility index (Phi) is 7.49. The predicted molar refractivity (Wildman–Crippen MR) is 60.7 cm³/mol. The molecule has 0 fully saturated rings. The second-order valence-corrected chi connectivity index (χ2v) is 3.01. The van der Waals surface area contributed by atoms with E-state index in [1.54, 1.807) is 19.1 Å². The molecule has 0 atom stereocenters. The number of rotatable bonds is 7. The zero-order valence-corrected chi connectivity index (χ0v) is 9.40. The van der Waals surface area contributed by atoms with Crippen molar-refractivity contribution in [2.75, 3.05) is 13.2 Å². The van der Waals surface area contributed by atoms with Crippen LogP contribution in [-0.4, -0.2) is 25.2 Å². The first-order chi connectivity index (χ1) is 7.57. The largest absolute Gasteiger partial charge is 0.459 e. The molecule has 88 valence electrons. The molecule has 0 amide bonds. The van der Waals surface area contributed by atoms with Gasteiger partial charge in [-0.1, -0.05) is 18.7 Å². The SMILES string of the molecule is C=CC/C=C/C(=O)OCCOC(=O)C(=C)C. The first-order valence-corrected chi connectivity index (χ1v) is 4.84. The molecule has 4 nitrogen and oxygen atoms in total. The van der Waals surface area contributed by atoms with Gasteiger partial charge in [-0.15, -0.1) is 6.58 Å². The van der Waals surface area contributed by atoms with Gasteiger partial charge < -0.3 is 9.47 Å². The van der Waals surface area contributed by atoms with E-state index in [4.69, 9.17) is 9.47 Å². The van der Waals surface area contributed by atoms with E-state index in [-0.39, 0.29) is 13.2 Å². The van der Waals surface area contributed by atoms with Gasteiger partial charge >= 0.3 is 11.9 Å². The second kappa shape index (κ2) is 8.47. The summed E-state index contributed by atoms with van der Waals surface area (Å²) in [7, 11) is 0. The van der Waals surface area contributed by atoms with E-state index in [0.717, 1.165) is 0 Å². The fraction of sp³-hybridized carbons (Fsp3) is 0.333. The summed E-state index contributed by atoms with van der Waals surface area (Å²) in [6, 6.07) is 0. The van der Waals surface area contributed by atoms with Crippen molar-refractivity contribution in [3.63, 3.8) is 0 Å². The molecule has 0 aromatic rings. The number of carbonyl (C=O) groups excluding carboxylic acids is 2. The molecule has 0 unspecified atom stereocenters. The molecule has 4 heteroatoms. The van der Waals surface area contributed by atoms with Crippen molar-refractivity contribution in [2.45, 2.75) is 13.3 Å². The van der Waals surface area contributed by atoms with Gasteiger partial charge in [0.25, 0.3) is 0 Å². The van der Waals surface area contributed by atoms with Gasteiger partial charge in [-0.25, -0.2) is 9.59 Å². The van der Waals surface area contributed by atoms with Crippen molar-refractivity contribution >= 4 is 11.9 Å². The third kappa shape index (κ3) is 7.55. The molecule has 0 bridgehead atoms. The van der Waals surface area contributed by atoms with Gasteiger partial charge in [-0.2, -0.15) is 0 Å². The van der Waals surface area contributed by atoms with Crippen molar-refractivity contribution in [1.82, 2.24) is 0 Å². The lowest BCUT2D eigenvalue weighted by molar-refractivity contribution is -0.146. The number of hydrogen-bond donors (Lipinski definition) is 0. The Morgan fingerprint density at radius 2 is 1.88 bits per heavy atom. The van der Waals surface area contributed by atoms with E-state index in [9.17, 15) is 9.59 Å². The normalized spacial score (nSPS) is 9.81. The first-order valence-electron chi connectivity index (χ1n) is 4.84. The molecular formula is C12H16O4. The summed E-state index contributed by atoms with van der Waals surface area (Å²) in [5.74, 6) is -0.952. The van der Waals surface area contributed by atoms with E-state index < -0.39 is 11.9 Å². The minimum atomic E-state index is -0.488. The second-order valence-electron chi connectivity index (χ2n) is 3.01. The Labute approximate surface area is 95.2 Å². The molecule has 0 aliphatic heterocycles. The summed E-state index contributed by atoms with van der Waals surface area (Å²) < 4.78 is 9.48. The van der Waals surface area contributed by atoms with Gasteiger partial charge in [0.2, 0.25) is 0 Å². The molecule has 0 radical (unpaired) electrons. The number of ether oxygens (including phenoxy) is 2. The van der Waals surface area contributed by atoms with Crippen molar-refractivity contribution in [3.8, 4) is 0 Å². The molecule has 0 heterocycles. The Morgan fingerprint density at radius 1 is 1.25 bits per heavy atom. The van der Waals surface area contributed by atoms with Gasteiger partial charge in [0.1, 0.15) is 13.2 Å². The summed E-state index contributed by atoms with van der Waals surface area (Å²) in [6.45, 7) is 8.54. The lowest BCUT2D eigenvalue weighted by Gasteiger charge is -2.04. The third-order valence-electron chi connectivity index (χ3n) is 1.47. The van der Waals surface area contributed by atoms with E-state index in [0.29, 0.717) is 12.0 Å². The molecule has 0 spiro atoms. The molecule has 0 rings (SSSR count). The van der Waals surface area contributed by atoms with E-state index in [1.165, 1.54) is 6.08 Å². The summed E-state index contributed by atoms with van der Waals surface area (Å²) in [4.78, 5) is 21.9. The van der Waals surface area contributed by atoms with Crippen molar-refractivity contribution in [3.05, 3.63) is 37.0 Å². The van der Waals surface area contributed by atoms with Crippen LogP contribution in [0.3, 0.4) is 0 Å². The van der Waals surface area contributed by atoms with Gasteiger partial charge in [-0.05, 0) is 13.3 Å². The molecule has 0 aliphatic rings. The van der Waals surface area contributed by atoms with Crippen LogP contribution in [0, 0.1) is 0 Å². The molecule has 0 saturated heterocycles. The van der Waals surface area contributed by atoms with Crippen LogP contribution in [0.4, 0.5) is 0 Å². The predicted octanol–water partition coefficient (Wildman–Crippen LogP) is 1.78. The lowest BCUT2D eigenvalue weighted by Crippen LogP contribution is -2.12. The quantitative estimate of drug-likeness (QED) is 0.286. The fourth-order valence-electron chi connectivity index (χ4n) is 0.708. The Balaban J connectivity index is 3.59. The van der Waals surface area contributed by atoms with Crippen LogP contribution in [-0.2, 0) is 19.1 Å². The average Bonchev–Trinajstić information content (AvgIpc) is 2.24. The maximum Gasteiger partial charge on any atom is 0.333 e. The zero-order valence-electron chi connectivity index (χ0n) is 9.40.